The van der Waals surface area contributed by atoms with E-state index >= 15 is 0 Å². The zero-order valence-corrected chi connectivity index (χ0v) is 21.3. The molecule has 5 aromatic rings. The molecule has 1 aromatic heterocycles. The van der Waals surface area contributed by atoms with Gasteiger partial charge in [-0.15, -0.1) is 0 Å². The highest BCUT2D eigenvalue weighted by molar-refractivity contribution is 7.92. The molecular weight excluding hydrogens is 494 g/mol. The third-order valence-corrected chi connectivity index (χ3v) is 8.36. The molecule has 0 unspecified atom stereocenters. The molecule has 8 heteroatoms. The van der Waals surface area contributed by atoms with Gasteiger partial charge < -0.3 is 9.88 Å². The molecule has 0 saturated carbocycles. The van der Waals surface area contributed by atoms with Crippen LogP contribution >= 0.6 is 11.6 Å². The Morgan fingerprint density at radius 2 is 1.56 bits per heavy atom. The number of anilines is 2. The lowest BCUT2D eigenvalue weighted by atomic mass is 10.1. The second-order valence-corrected chi connectivity index (χ2v) is 10.8. The number of halogens is 1. The number of hydrogen-bond donors (Lipinski definition) is 1. The van der Waals surface area contributed by atoms with Crippen molar-refractivity contribution in [2.24, 2.45) is 0 Å². The highest BCUT2D eigenvalue weighted by atomic mass is 35.5. The van der Waals surface area contributed by atoms with E-state index in [1.807, 2.05) is 30.3 Å². The summed E-state index contributed by atoms with van der Waals surface area (Å²) >= 11 is 5.88. The standard InChI is InChI=1S/C28H24ClN3O3S/c1-3-32-26-7-5-4-6-24(26)25-18-21(12-17-27(25)32)30-28(33)19-8-13-22(14-9-19)31(2)36(34,35)23-15-10-20(29)11-16-23/h4-18H,3H2,1-2H3,(H,30,33). The number of aryl methyl sites for hydroxylation is 1. The molecule has 1 heterocycles. The second-order valence-electron chi connectivity index (χ2n) is 8.42. The Morgan fingerprint density at radius 1 is 0.889 bits per heavy atom. The van der Waals surface area contributed by atoms with Gasteiger partial charge in [0, 0.05) is 51.7 Å². The smallest absolute Gasteiger partial charge is 0.264 e. The van der Waals surface area contributed by atoms with Gasteiger partial charge in [-0.2, -0.15) is 0 Å². The molecule has 0 atom stereocenters. The first-order valence-electron chi connectivity index (χ1n) is 11.5. The molecule has 0 aliphatic rings. The van der Waals surface area contributed by atoms with Gasteiger partial charge in [0.1, 0.15) is 0 Å². The quantitative estimate of drug-likeness (QED) is 0.278. The van der Waals surface area contributed by atoms with Crippen molar-refractivity contribution in [2.45, 2.75) is 18.4 Å². The van der Waals surface area contributed by atoms with Crippen molar-refractivity contribution in [1.29, 1.82) is 0 Å². The first-order chi connectivity index (χ1) is 17.3. The van der Waals surface area contributed by atoms with E-state index in [2.05, 4.69) is 28.9 Å². The van der Waals surface area contributed by atoms with Crippen molar-refractivity contribution in [2.75, 3.05) is 16.7 Å². The Labute approximate surface area is 214 Å². The number of nitrogens with zero attached hydrogens (tertiary/aromatic N) is 2. The van der Waals surface area contributed by atoms with E-state index in [0.29, 0.717) is 22.0 Å². The number of nitrogens with one attached hydrogen (secondary N) is 1. The van der Waals surface area contributed by atoms with Crippen molar-refractivity contribution in [3.8, 4) is 0 Å². The number of carbonyl (C=O) groups is 1. The minimum absolute atomic E-state index is 0.135. The molecule has 5 rings (SSSR count). The maximum atomic E-state index is 12.9. The van der Waals surface area contributed by atoms with E-state index in [0.717, 1.165) is 28.4 Å². The van der Waals surface area contributed by atoms with Gasteiger partial charge in [-0.1, -0.05) is 29.8 Å². The SMILES string of the molecule is CCn1c2ccccc2c2cc(NC(=O)c3ccc(N(C)S(=O)(=O)c4ccc(Cl)cc4)cc3)ccc21. The molecule has 182 valence electrons. The maximum Gasteiger partial charge on any atom is 0.264 e. The summed E-state index contributed by atoms with van der Waals surface area (Å²) in [5, 5.41) is 5.64. The number of fused-ring (bicyclic) bond motifs is 3. The molecule has 0 fully saturated rings. The van der Waals surface area contributed by atoms with Crippen molar-refractivity contribution < 1.29 is 13.2 Å². The number of aromatic nitrogens is 1. The van der Waals surface area contributed by atoms with Gasteiger partial charge in [0.15, 0.2) is 0 Å². The topological polar surface area (TPSA) is 71.4 Å². The summed E-state index contributed by atoms with van der Waals surface area (Å²) < 4.78 is 29.3. The number of sulfonamides is 1. The summed E-state index contributed by atoms with van der Waals surface area (Å²) in [6.07, 6.45) is 0. The number of para-hydroxylation sites is 1. The Bertz CT molecular complexity index is 1690. The number of benzene rings is 4. The van der Waals surface area contributed by atoms with Crippen LogP contribution in [0.2, 0.25) is 5.02 Å². The van der Waals surface area contributed by atoms with Crippen LogP contribution in [-0.2, 0) is 16.6 Å². The van der Waals surface area contributed by atoms with Gasteiger partial charge >= 0.3 is 0 Å². The second kappa shape index (κ2) is 9.33. The molecule has 1 N–H and O–H groups in total. The van der Waals surface area contributed by atoms with E-state index in [-0.39, 0.29) is 10.8 Å². The van der Waals surface area contributed by atoms with Crippen molar-refractivity contribution >= 4 is 60.7 Å². The van der Waals surface area contributed by atoms with Crippen molar-refractivity contribution in [1.82, 2.24) is 4.57 Å². The van der Waals surface area contributed by atoms with Crippen LogP contribution in [0.25, 0.3) is 21.8 Å². The van der Waals surface area contributed by atoms with Crippen LogP contribution in [-0.4, -0.2) is 25.9 Å². The van der Waals surface area contributed by atoms with Crippen LogP contribution in [0.4, 0.5) is 11.4 Å². The lowest BCUT2D eigenvalue weighted by molar-refractivity contribution is 0.102. The van der Waals surface area contributed by atoms with Gasteiger partial charge in [0.05, 0.1) is 10.6 Å². The van der Waals surface area contributed by atoms with Crippen molar-refractivity contribution in [3.63, 3.8) is 0 Å². The molecule has 6 nitrogen and oxygen atoms in total. The fourth-order valence-corrected chi connectivity index (χ4v) is 5.72. The predicted octanol–water partition coefficient (Wildman–Crippen LogP) is 6.55. The highest BCUT2D eigenvalue weighted by Gasteiger charge is 2.21. The van der Waals surface area contributed by atoms with E-state index < -0.39 is 10.0 Å². The normalized spacial score (nSPS) is 11.6. The van der Waals surface area contributed by atoms with Crippen LogP contribution in [0.3, 0.4) is 0 Å². The van der Waals surface area contributed by atoms with Crippen LogP contribution in [0.5, 0.6) is 0 Å². The van der Waals surface area contributed by atoms with Gasteiger partial charge in [0.25, 0.3) is 15.9 Å². The molecule has 0 saturated heterocycles. The van der Waals surface area contributed by atoms with Gasteiger partial charge in [-0.3, -0.25) is 9.10 Å². The van der Waals surface area contributed by atoms with Crippen LogP contribution in [0.1, 0.15) is 17.3 Å². The Balaban J connectivity index is 1.37. The number of amides is 1. The minimum atomic E-state index is -3.76. The zero-order chi connectivity index (χ0) is 25.4. The fraction of sp³-hybridized carbons (Fsp3) is 0.107. The Morgan fingerprint density at radius 3 is 2.25 bits per heavy atom. The summed E-state index contributed by atoms with van der Waals surface area (Å²) in [5.41, 5.74) is 3.83. The third-order valence-electron chi connectivity index (χ3n) is 6.31. The van der Waals surface area contributed by atoms with Crippen molar-refractivity contribution in [3.05, 3.63) is 102 Å². The van der Waals surface area contributed by atoms with E-state index in [1.165, 1.54) is 35.6 Å². The highest BCUT2D eigenvalue weighted by Crippen LogP contribution is 2.31. The Kier molecular flexibility index (Phi) is 6.20. The monoisotopic (exact) mass is 517 g/mol. The average molecular weight is 518 g/mol. The summed E-state index contributed by atoms with van der Waals surface area (Å²) in [7, 11) is -2.28. The van der Waals surface area contributed by atoms with Gasteiger partial charge in [-0.05, 0) is 79.7 Å². The molecule has 0 aliphatic heterocycles. The summed E-state index contributed by atoms with van der Waals surface area (Å²) in [6, 6.07) is 26.6. The van der Waals surface area contributed by atoms with Gasteiger partial charge in [-0.25, -0.2) is 8.42 Å². The molecule has 0 aliphatic carbocycles. The van der Waals surface area contributed by atoms with E-state index in [9.17, 15) is 13.2 Å². The fourth-order valence-electron chi connectivity index (χ4n) is 4.40. The van der Waals surface area contributed by atoms with Crippen LogP contribution < -0.4 is 9.62 Å². The lowest BCUT2D eigenvalue weighted by Gasteiger charge is -2.20. The number of carbonyl (C=O) groups excluding carboxylic acids is 1. The lowest BCUT2D eigenvalue weighted by Crippen LogP contribution is -2.26. The summed E-state index contributed by atoms with van der Waals surface area (Å²) in [6.45, 7) is 2.97. The third kappa shape index (κ3) is 4.21. The Hall–Kier alpha value is -3.81. The number of rotatable bonds is 6. The molecule has 36 heavy (non-hydrogen) atoms. The first-order valence-corrected chi connectivity index (χ1v) is 13.3. The molecule has 0 spiro atoms. The average Bonchev–Trinajstić information content (AvgIpc) is 3.21. The summed E-state index contributed by atoms with van der Waals surface area (Å²) in [4.78, 5) is 13.1. The van der Waals surface area contributed by atoms with Crippen LogP contribution in [0.15, 0.2) is 95.9 Å². The first kappa shape index (κ1) is 23.9. The zero-order valence-electron chi connectivity index (χ0n) is 19.8. The minimum Gasteiger partial charge on any atom is -0.341 e. The van der Waals surface area contributed by atoms with E-state index in [1.54, 1.807) is 24.3 Å². The molecular formula is C28H24ClN3O3S. The summed E-state index contributed by atoms with van der Waals surface area (Å²) in [5.74, 6) is -0.275. The molecule has 1 amide bonds. The van der Waals surface area contributed by atoms with Crippen LogP contribution in [0, 0.1) is 0 Å². The maximum absolute atomic E-state index is 12.9. The molecule has 4 aromatic carbocycles. The number of hydrogen-bond acceptors (Lipinski definition) is 3. The molecule has 0 radical (unpaired) electrons. The largest absolute Gasteiger partial charge is 0.341 e. The van der Waals surface area contributed by atoms with Gasteiger partial charge in [0.2, 0.25) is 0 Å². The predicted molar refractivity (Wildman–Crippen MR) is 147 cm³/mol. The van der Waals surface area contributed by atoms with E-state index in [4.69, 9.17) is 11.6 Å². The molecule has 0 bridgehead atoms.